The van der Waals surface area contributed by atoms with Gasteiger partial charge in [-0.15, -0.1) is 0 Å². The van der Waals surface area contributed by atoms with Crippen molar-refractivity contribution in [3.8, 4) is 0 Å². The molecule has 0 fully saturated rings. The standard InChI is InChI=1S/C18H16.C8H8O/c1-2-6-14-10-17(9-13(14)5-1)18-11-15-7-3-4-8-16(15)12-18;1-7-2-4-8(6-9)5-3-7/h1-9,18H,10-12H2;2-6H,1H3. The predicted octanol–water partition coefficient (Wildman–Crippen LogP) is 5.85. The predicted molar refractivity (Wildman–Crippen MR) is 112 cm³/mol. The van der Waals surface area contributed by atoms with Crippen molar-refractivity contribution in [2.45, 2.75) is 26.2 Å². The number of carbonyl (C=O) groups excluding carboxylic acids is 1. The first-order chi connectivity index (χ1) is 13.2. The molecule has 0 saturated heterocycles. The molecule has 2 aliphatic carbocycles. The smallest absolute Gasteiger partial charge is 0.150 e. The van der Waals surface area contributed by atoms with E-state index in [1.54, 1.807) is 16.7 Å². The molecule has 1 nitrogen and oxygen atoms in total. The summed E-state index contributed by atoms with van der Waals surface area (Å²) in [5.41, 5.74) is 9.60. The third kappa shape index (κ3) is 3.93. The highest BCUT2D eigenvalue weighted by Gasteiger charge is 2.26. The maximum absolute atomic E-state index is 10.1. The molecule has 134 valence electrons. The topological polar surface area (TPSA) is 17.1 Å². The fourth-order valence-corrected chi connectivity index (χ4v) is 4.03. The van der Waals surface area contributed by atoms with Crippen molar-refractivity contribution in [2.75, 3.05) is 0 Å². The SMILES string of the molecule is C1=C(C2Cc3ccccc3C2)Cc2ccccc21.Cc1ccc(C=O)cc1. The summed E-state index contributed by atoms with van der Waals surface area (Å²) in [6, 6.07) is 25.2. The maximum atomic E-state index is 10.1. The summed E-state index contributed by atoms with van der Waals surface area (Å²) in [6.45, 7) is 1.99. The lowest BCUT2D eigenvalue weighted by Gasteiger charge is -2.10. The van der Waals surface area contributed by atoms with Crippen LogP contribution in [0.2, 0.25) is 0 Å². The lowest BCUT2D eigenvalue weighted by Crippen LogP contribution is -2.03. The number of aldehydes is 1. The molecule has 2 aliphatic rings. The number of fused-ring (bicyclic) bond motifs is 2. The van der Waals surface area contributed by atoms with Crippen LogP contribution in [0.4, 0.5) is 0 Å². The van der Waals surface area contributed by atoms with Crippen LogP contribution in [-0.2, 0) is 19.3 Å². The summed E-state index contributed by atoms with van der Waals surface area (Å²) in [4.78, 5) is 10.1. The van der Waals surface area contributed by atoms with Gasteiger partial charge < -0.3 is 0 Å². The molecular weight excluding hydrogens is 328 g/mol. The molecule has 0 atom stereocenters. The largest absolute Gasteiger partial charge is 0.298 e. The number of hydrogen-bond donors (Lipinski definition) is 0. The Morgan fingerprint density at radius 3 is 1.96 bits per heavy atom. The van der Waals surface area contributed by atoms with Crippen LogP contribution in [0, 0.1) is 12.8 Å². The van der Waals surface area contributed by atoms with Crippen LogP contribution >= 0.6 is 0 Å². The second-order valence-corrected chi connectivity index (χ2v) is 7.50. The molecule has 0 heterocycles. The summed E-state index contributed by atoms with van der Waals surface area (Å²) >= 11 is 0. The fraction of sp³-hybridized carbons (Fsp3) is 0.192. The average molecular weight is 352 g/mol. The molecule has 3 aromatic rings. The Morgan fingerprint density at radius 2 is 1.37 bits per heavy atom. The van der Waals surface area contributed by atoms with Gasteiger partial charge in [-0.05, 0) is 54.4 Å². The van der Waals surface area contributed by atoms with Crippen molar-refractivity contribution in [3.63, 3.8) is 0 Å². The Hall–Kier alpha value is -2.93. The van der Waals surface area contributed by atoms with Crippen LogP contribution in [0.25, 0.3) is 6.08 Å². The molecule has 0 spiro atoms. The van der Waals surface area contributed by atoms with Gasteiger partial charge in [0, 0.05) is 5.56 Å². The monoisotopic (exact) mass is 352 g/mol. The van der Waals surface area contributed by atoms with Gasteiger partial charge in [0.05, 0.1) is 0 Å². The molecule has 0 saturated carbocycles. The van der Waals surface area contributed by atoms with Gasteiger partial charge in [-0.25, -0.2) is 0 Å². The van der Waals surface area contributed by atoms with Gasteiger partial charge in [0.2, 0.25) is 0 Å². The Balaban J connectivity index is 0.000000170. The van der Waals surface area contributed by atoms with E-state index in [9.17, 15) is 4.79 Å². The van der Waals surface area contributed by atoms with E-state index in [1.165, 1.54) is 29.5 Å². The van der Waals surface area contributed by atoms with E-state index >= 15 is 0 Å². The molecule has 3 aromatic carbocycles. The highest BCUT2D eigenvalue weighted by Crippen LogP contribution is 2.37. The molecule has 0 aliphatic heterocycles. The summed E-state index contributed by atoms with van der Waals surface area (Å²) in [5.74, 6) is 0.731. The first-order valence-corrected chi connectivity index (χ1v) is 9.60. The van der Waals surface area contributed by atoms with E-state index in [-0.39, 0.29) is 0 Å². The lowest BCUT2D eigenvalue weighted by molar-refractivity contribution is 0.112. The van der Waals surface area contributed by atoms with Crippen molar-refractivity contribution in [1.29, 1.82) is 0 Å². The number of rotatable bonds is 2. The zero-order valence-corrected chi connectivity index (χ0v) is 15.7. The van der Waals surface area contributed by atoms with E-state index in [0.717, 1.165) is 24.2 Å². The summed E-state index contributed by atoms with van der Waals surface area (Å²) in [7, 11) is 0. The Labute approximate surface area is 161 Å². The van der Waals surface area contributed by atoms with Gasteiger partial charge in [0.1, 0.15) is 6.29 Å². The van der Waals surface area contributed by atoms with Crippen molar-refractivity contribution >= 4 is 12.4 Å². The minimum absolute atomic E-state index is 0.731. The van der Waals surface area contributed by atoms with Gasteiger partial charge >= 0.3 is 0 Å². The van der Waals surface area contributed by atoms with Crippen LogP contribution < -0.4 is 0 Å². The first kappa shape index (κ1) is 17.5. The maximum Gasteiger partial charge on any atom is 0.150 e. The van der Waals surface area contributed by atoms with E-state index in [0.29, 0.717) is 0 Å². The molecule has 0 bridgehead atoms. The Morgan fingerprint density at radius 1 is 0.778 bits per heavy atom. The summed E-state index contributed by atoms with van der Waals surface area (Å²) in [6.07, 6.45) is 6.89. The number of benzene rings is 3. The van der Waals surface area contributed by atoms with Gasteiger partial charge in [-0.1, -0.05) is 90.0 Å². The summed E-state index contributed by atoms with van der Waals surface area (Å²) < 4.78 is 0. The normalized spacial score (nSPS) is 14.6. The zero-order valence-electron chi connectivity index (χ0n) is 15.7. The number of aryl methyl sites for hydroxylation is 1. The van der Waals surface area contributed by atoms with Crippen LogP contribution in [-0.4, -0.2) is 6.29 Å². The van der Waals surface area contributed by atoms with Gasteiger partial charge in [0.25, 0.3) is 0 Å². The summed E-state index contributed by atoms with van der Waals surface area (Å²) in [5, 5.41) is 0. The molecular formula is C26H24O. The molecule has 0 unspecified atom stereocenters. The average Bonchev–Trinajstić information content (AvgIpc) is 3.33. The van der Waals surface area contributed by atoms with E-state index in [2.05, 4.69) is 54.6 Å². The van der Waals surface area contributed by atoms with Crippen LogP contribution in [0.1, 0.15) is 38.2 Å². The molecule has 0 amide bonds. The van der Waals surface area contributed by atoms with Crippen LogP contribution in [0.15, 0.2) is 78.4 Å². The van der Waals surface area contributed by atoms with Gasteiger partial charge in [0.15, 0.2) is 0 Å². The fourth-order valence-electron chi connectivity index (χ4n) is 4.03. The van der Waals surface area contributed by atoms with Crippen LogP contribution in [0.3, 0.4) is 0 Å². The van der Waals surface area contributed by atoms with E-state index in [4.69, 9.17) is 0 Å². The van der Waals surface area contributed by atoms with E-state index in [1.807, 2.05) is 31.2 Å². The third-order valence-electron chi connectivity index (χ3n) is 5.58. The minimum atomic E-state index is 0.731. The number of hydrogen-bond acceptors (Lipinski definition) is 1. The zero-order chi connectivity index (χ0) is 18.6. The molecule has 0 radical (unpaired) electrons. The third-order valence-corrected chi connectivity index (χ3v) is 5.58. The number of carbonyl (C=O) groups is 1. The molecule has 0 N–H and O–H groups in total. The van der Waals surface area contributed by atoms with Crippen molar-refractivity contribution < 1.29 is 4.79 Å². The Kier molecular flexibility index (Phi) is 5.02. The second kappa shape index (κ2) is 7.75. The molecule has 0 aromatic heterocycles. The van der Waals surface area contributed by atoms with Gasteiger partial charge in [-0.3, -0.25) is 4.79 Å². The minimum Gasteiger partial charge on any atom is -0.298 e. The van der Waals surface area contributed by atoms with Crippen molar-refractivity contribution in [1.82, 2.24) is 0 Å². The van der Waals surface area contributed by atoms with E-state index < -0.39 is 0 Å². The van der Waals surface area contributed by atoms with Crippen molar-refractivity contribution in [3.05, 3.63) is 112 Å². The molecule has 5 rings (SSSR count). The quantitative estimate of drug-likeness (QED) is 0.529. The molecule has 27 heavy (non-hydrogen) atoms. The number of allylic oxidation sites excluding steroid dienone is 1. The highest BCUT2D eigenvalue weighted by molar-refractivity contribution is 5.74. The lowest BCUT2D eigenvalue weighted by atomic mass is 9.94. The highest BCUT2D eigenvalue weighted by atomic mass is 16.1. The van der Waals surface area contributed by atoms with Gasteiger partial charge in [-0.2, -0.15) is 0 Å². The van der Waals surface area contributed by atoms with Crippen molar-refractivity contribution in [2.24, 2.45) is 5.92 Å². The molecule has 1 heteroatoms. The first-order valence-electron chi connectivity index (χ1n) is 9.60. The van der Waals surface area contributed by atoms with Crippen LogP contribution in [0.5, 0.6) is 0 Å². The Bertz CT molecular complexity index is 954. The second-order valence-electron chi connectivity index (χ2n) is 7.50.